The van der Waals surface area contributed by atoms with Crippen LogP contribution >= 0.6 is 0 Å². The van der Waals surface area contributed by atoms with Crippen molar-refractivity contribution >= 4 is 11.7 Å². The van der Waals surface area contributed by atoms with E-state index in [2.05, 4.69) is 15.5 Å². The Balaban J connectivity index is 1.58. The highest BCUT2D eigenvalue weighted by Crippen LogP contribution is 2.73. The van der Waals surface area contributed by atoms with Crippen molar-refractivity contribution in [3.05, 3.63) is 41.2 Å². The van der Waals surface area contributed by atoms with Crippen LogP contribution in [0.15, 0.2) is 24.3 Å². The van der Waals surface area contributed by atoms with Crippen molar-refractivity contribution in [2.75, 3.05) is 6.61 Å². The number of nitrogens with zero attached hydrogens (tertiary/aromatic N) is 1. The summed E-state index contributed by atoms with van der Waals surface area (Å²) in [4.78, 5) is 15.3. The second kappa shape index (κ2) is 5.38. The molecule has 1 aromatic rings. The van der Waals surface area contributed by atoms with Gasteiger partial charge in [-0.2, -0.15) is 13.2 Å². The van der Waals surface area contributed by atoms with Crippen molar-refractivity contribution in [2.24, 2.45) is 5.41 Å². The average molecular weight is 339 g/mol. The van der Waals surface area contributed by atoms with E-state index >= 15 is 0 Å². The second-order valence-electron chi connectivity index (χ2n) is 6.63. The van der Waals surface area contributed by atoms with Crippen LogP contribution in [-0.4, -0.2) is 29.5 Å². The van der Waals surface area contributed by atoms with E-state index in [0.29, 0.717) is 11.3 Å². The number of carbonyl (C=O) groups excluding carboxylic acids is 1. The topological polar surface area (TPSA) is 65.7 Å². The van der Waals surface area contributed by atoms with Gasteiger partial charge >= 0.3 is 12.2 Å². The van der Waals surface area contributed by atoms with Crippen molar-refractivity contribution in [1.29, 1.82) is 0 Å². The van der Waals surface area contributed by atoms with Crippen LogP contribution in [0.4, 0.5) is 23.7 Å². The third kappa shape index (κ3) is 2.59. The van der Waals surface area contributed by atoms with Crippen molar-refractivity contribution in [1.82, 2.24) is 10.6 Å². The lowest BCUT2D eigenvalue weighted by molar-refractivity contribution is -0.336. The largest absolute Gasteiger partial charge is 0.394 e. The smallest absolute Gasteiger partial charge is 0.394 e. The number of halogens is 3. The molecule has 8 heteroatoms. The maximum absolute atomic E-state index is 12.8. The Hall–Kier alpha value is -2.27. The van der Waals surface area contributed by atoms with Crippen LogP contribution in [-0.2, 0) is 0 Å². The molecule has 24 heavy (non-hydrogen) atoms. The first-order valence-electron chi connectivity index (χ1n) is 7.46. The van der Waals surface area contributed by atoms with Crippen LogP contribution in [0.1, 0.15) is 30.9 Å². The number of carbonyl (C=O) groups is 1. The summed E-state index contributed by atoms with van der Waals surface area (Å²) in [5, 5.41) is 14.6. The Morgan fingerprint density at radius 1 is 1.38 bits per heavy atom. The number of urea groups is 1. The fraction of sp³-hybridized carbons (Fsp3) is 0.500. The van der Waals surface area contributed by atoms with Crippen molar-refractivity contribution in [3.63, 3.8) is 0 Å². The number of amides is 2. The molecular weight excluding hydrogens is 323 g/mol. The maximum Gasteiger partial charge on any atom is 0.394 e. The molecule has 0 saturated heterocycles. The number of aliphatic hydroxyl groups excluding tert-OH is 1. The zero-order chi connectivity index (χ0) is 17.6. The van der Waals surface area contributed by atoms with Gasteiger partial charge in [-0.25, -0.2) is 9.64 Å². The minimum atomic E-state index is -4.22. The van der Waals surface area contributed by atoms with Gasteiger partial charge in [0.2, 0.25) is 0 Å². The Bertz CT molecular complexity index is 691. The number of rotatable bonds is 4. The van der Waals surface area contributed by atoms with Crippen LogP contribution in [0.3, 0.4) is 0 Å². The first kappa shape index (κ1) is 16.6. The van der Waals surface area contributed by atoms with Gasteiger partial charge in [0, 0.05) is 5.54 Å². The summed E-state index contributed by atoms with van der Waals surface area (Å²) < 4.78 is 38.4. The lowest BCUT2D eigenvalue weighted by Crippen LogP contribution is -2.79. The van der Waals surface area contributed by atoms with Crippen molar-refractivity contribution < 1.29 is 23.1 Å². The summed E-state index contributed by atoms with van der Waals surface area (Å²) in [5.41, 5.74) is -1.47. The maximum atomic E-state index is 12.8. The van der Waals surface area contributed by atoms with Crippen molar-refractivity contribution in [2.45, 2.75) is 37.0 Å². The van der Waals surface area contributed by atoms with Gasteiger partial charge < -0.3 is 15.7 Å². The summed E-state index contributed by atoms with van der Waals surface area (Å²) >= 11 is 0. The summed E-state index contributed by atoms with van der Waals surface area (Å²) in [6.07, 6.45) is -4.49. The molecule has 1 aromatic carbocycles. The van der Waals surface area contributed by atoms with Gasteiger partial charge in [-0.15, -0.1) is 0 Å². The molecule has 2 bridgehead atoms. The molecule has 0 unspecified atom stereocenters. The van der Waals surface area contributed by atoms with Crippen LogP contribution in [0.5, 0.6) is 0 Å². The van der Waals surface area contributed by atoms with Gasteiger partial charge in [0.25, 0.3) is 0 Å². The molecule has 3 N–H and O–H groups in total. The highest BCUT2D eigenvalue weighted by Gasteiger charge is 2.79. The van der Waals surface area contributed by atoms with E-state index in [1.807, 2.05) is 0 Å². The molecule has 3 aliphatic carbocycles. The minimum absolute atomic E-state index is 0.0894. The standard InChI is InChI=1S/C16H16F3N3O2/c1-20-11-4-2-3-10(5-11)12(6-23)21-13(24)22-15-7-14(8-15,9-15)16(17,18)19/h2-5,12,23H,6-9H2,(H2,21,22,24)/t12-,14?,15?/m0/s1. The number of alkyl halides is 3. The predicted molar refractivity (Wildman–Crippen MR) is 79.3 cm³/mol. The normalized spacial score (nSPS) is 28.8. The average Bonchev–Trinajstić information content (AvgIpc) is 2.45. The van der Waals surface area contributed by atoms with Gasteiger partial charge in [-0.1, -0.05) is 24.3 Å². The number of benzene rings is 1. The quantitative estimate of drug-likeness (QED) is 0.738. The second-order valence-corrected chi connectivity index (χ2v) is 6.63. The number of hydrogen-bond acceptors (Lipinski definition) is 2. The number of nitrogens with one attached hydrogen (secondary N) is 2. The first-order chi connectivity index (χ1) is 11.2. The van der Waals surface area contributed by atoms with E-state index in [1.165, 1.54) is 0 Å². The lowest BCUT2D eigenvalue weighted by Gasteiger charge is -2.70. The molecule has 128 valence electrons. The Labute approximate surface area is 136 Å². The van der Waals surface area contributed by atoms with E-state index in [9.17, 15) is 23.1 Å². The molecule has 4 rings (SSSR count). The van der Waals surface area contributed by atoms with Crippen LogP contribution in [0.2, 0.25) is 0 Å². The van der Waals surface area contributed by atoms with E-state index in [4.69, 9.17) is 6.57 Å². The van der Waals surface area contributed by atoms with Crippen LogP contribution < -0.4 is 10.6 Å². The summed E-state index contributed by atoms with van der Waals surface area (Å²) in [7, 11) is 0. The highest BCUT2D eigenvalue weighted by atomic mass is 19.4. The molecule has 5 nitrogen and oxygen atoms in total. The third-order valence-electron chi connectivity index (χ3n) is 4.90. The van der Waals surface area contributed by atoms with E-state index < -0.39 is 29.2 Å². The zero-order valence-electron chi connectivity index (χ0n) is 12.7. The molecule has 0 spiro atoms. The Morgan fingerprint density at radius 2 is 2.04 bits per heavy atom. The van der Waals surface area contributed by atoms with Gasteiger partial charge in [0.05, 0.1) is 24.6 Å². The summed E-state index contributed by atoms with van der Waals surface area (Å²) in [5.74, 6) is 0. The number of aliphatic hydroxyl groups is 1. The van der Waals surface area contributed by atoms with Gasteiger partial charge in [-0.3, -0.25) is 0 Å². The van der Waals surface area contributed by atoms with E-state index in [1.54, 1.807) is 24.3 Å². The van der Waals surface area contributed by atoms with Crippen LogP contribution in [0, 0.1) is 12.0 Å². The predicted octanol–water partition coefficient (Wildman–Crippen LogP) is 3.05. The minimum Gasteiger partial charge on any atom is -0.394 e. The van der Waals surface area contributed by atoms with Crippen LogP contribution in [0.25, 0.3) is 4.85 Å². The molecule has 2 amide bonds. The molecule has 3 fully saturated rings. The molecule has 3 saturated carbocycles. The highest BCUT2D eigenvalue weighted by molar-refractivity contribution is 5.76. The number of hydrogen-bond donors (Lipinski definition) is 3. The third-order valence-corrected chi connectivity index (χ3v) is 4.90. The molecular formula is C16H16F3N3O2. The summed E-state index contributed by atoms with van der Waals surface area (Å²) in [6, 6.07) is 5.11. The Kier molecular flexibility index (Phi) is 3.72. The monoisotopic (exact) mass is 339 g/mol. The summed E-state index contributed by atoms with van der Waals surface area (Å²) in [6.45, 7) is 6.59. The Morgan fingerprint density at radius 3 is 2.58 bits per heavy atom. The molecule has 1 atom stereocenters. The zero-order valence-corrected chi connectivity index (χ0v) is 12.7. The fourth-order valence-electron chi connectivity index (χ4n) is 3.70. The van der Waals surface area contributed by atoms with Gasteiger partial charge in [0.15, 0.2) is 5.69 Å². The van der Waals surface area contributed by atoms with E-state index in [0.717, 1.165) is 0 Å². The van der Waals surface area contributed by atoms with Gasteiger partial charge in [0.1, 0.15) is 0 Å². The SMILES string of the molecule is [C-]#[N+]c1cccc([C@H](CO)NC(=O)NC23CC(C(F)(F)F)(C2)C3)c1. The van der Waals surface area contributed by atoms with E-state index in [-0.39, 0.29) is 25.9 Å². The van der Waals surface area contributed by atoms with Gasteiger partial charge in [-0.05, 0) is 24.8 Å². The molecule has 0 aromatic heterocycles. The molecule has 3 aliphatic rings. The molecule has 0 radical (unpaired) electrons. The fourth-order valence-corrected chi connectivity index (χ4v) is 3.70. The van der Waals surface area contributed by atoms with Crippen molar-refractivity contribution in [3.8, 4) is 0 Å². The molecule has 0 aliphatic heterocycles. The lowest BCUT2D eigenvalue weighted by atomic mass is 9.39. The first-order valence-corrected chi connectivity index (χ1v) is 7.46. The molecule has 0 heterocycles.